The molecule has 1 amide bonds. The van der Waals surface area contributed by atoms with Gasteiger partial charge in [-0.1, -0.05) is 12.1 Å². The number of rotatable bonds is 8. The van der Waals surface area contributed by atoms with Crippen molar-refractivity contribution in [1.82, 2.24) is 15.3 Å². The van der Waals surface area contributed by atoms with E-state index in [9.17, 15) is 4.79 Å². The monoisotopic (exact) mass is 378 g/mol. The summed E-state index contributed by atoms with van der Waals surface area (Å²) in [6, 6.07) is 13.0. The summed E-state index contributed by atoms with van der Waals surface area (Å²) in [5.74, 6) is 1.86. The second kappa shape index (κ2) is 9.36. The fourth-order valence-electron chi connectivity index (χ4n) is 2.60. The first-order chi connectivity index (χ1) is 13.7. The Morgan fingerprint density at radius 2 is 1.82 bits per heavy atom. The van der Waals surface area contributed by atoms with Crippen LogP contribution >= 0.6 is 0 Å². The molecule has 7 heteroatoms. The molecule has 0 atom stereocenters. The molecule has 0 aliphatic carbocycles. The van der Waals surface area contributed by atoms with Crippen LogP contribution in [0, 0.1) is 0 Å². The zero-order valence-corrected chi connectivity index (χ0v) is 15.8. The summed E-state index contributed by atoms with van der Waals surface area (Å²) in [5, 5.41) is 6.08. The minimum absolute atomic E-state index is 0.178. The molecule has 0 saturated heterocycles. The highest BCUT2D eigenvalue weighted by molar-refractivity contribution is 5.93. The van der Waals surface area contributed by atoms with E-state index in [0.29, 0.717) is 36.0 Å². The van der Waals surface area contributed by atoms with Crippen LogP contribution < -0.4 is 20.1 Å². The maximum Gasteiger partial charge on any atom is 0.253 e. The Balaban J connectivity index is 1.55. The van der Waals surface area contributed by atoms with Crippen LogP contribution in [0.25, 0.3) is 0 Å². The van der Waals surface area contributed by atoms with Crippen LogP contribution in [0.1, 0.15) is 21.5 Å². The van der Waals surface area contributed by atoms with Gasteiger partial charge in [0, 0.05) is 31.7 Å². The summed E-state index contributed by atoms with van der Waals surface area (Å²) in [5.41, 5.74) is 2.47. The van der Waals surface area contributed by atoms with Gasteiger partial charge in [-0.05, 0) is 41.5 Å². The molecule has 0 aliphatic rings. The van der Waals surface area contributed by atoms with Crippen molar-refractivity contribution in [2.24, 2.45) is 0 Å². The van der Waals surface area contributed by atoms with Gasteiger partial charge in [-0.3, -0.25) is 9.78 Å². The van der Waals surface area contributed by atoms with Crippen LogP contribution in [0.3, 0.4) is 0 Å². The quantitative estimate of drug-likeness (QED) is 0.627. The number of hydrogen-bond donors (Lipinski definition) is 2. The third-order valence-corrected chi connectivity index (χ3v) is 4.12. The van der Waals surface area contributed by atoms with E-state index in [4.69, 9.17) is 9.47 Å². The van der Waals surface area contributed by atoms with Crippen LogP contribution in [0.15, 0.2) is 61.1 Å². The summed E-state index contributed by atoms with van der Waals surface area (Å²) < 4.78 is 10.5. The zero-order valence-electron chi connectivity index (χ0n) is 15.8. The first kappa shape index (κ1) is 19.2. The van der Waals surface area contributed by atoms with Crippen molar-refractivity contribution in [3.05, 3.63) is 77.7 Å². The lowest BCUT2D eigenvalue weighted by atomic mass is 10.2. The van der Waals surface area contributed by atoms with E-state index in [1.54, 1.807) is 44.9 Å². The maximum absolute atomic E-state index is 12.2. The third kappa shape index (κ3) is 4.97. The van der Waals surface area contributed by atoms with E-state index in [1.165, 1.54) is 0 Å². The average Bonchev–Trinajstić information content (AvgIpc) is 2.76. The van der Waals surface area contributed by atoms with E-state index in [1.807, 2.05) is 30.3 Å². The number of nitrogens with one attached hydrogen (secondary N) is 2. The lowest BCUT2D eigenvalue weighted by Gasteiger charge is -2.11. The highest BCUT2D eigenvalue weighted by Crippen LogP contribution is 2.27. The SMILES string of the molecule is COc1ccc(CNc2ccc(C(=O)NCc3cccnc3)cn2)cc1OC. The predicted octanol–water partition coefficient (Wildman–Crippen LogP) is 3.04. The smallest absolute Gasteiger partial charge is 0.253 e. The maximum atomic E-state index is 12.2. The summed E-state index contributed by atoms with van der Waals surface area (Å²) in [6.07, 6.45) is 4.97. The fourth-order valence-corrected chi connectivity index (χ4v) is 2.60. The summed E-state index contributed by atoms with van der Waals surface area (Å²) in [6.45, 7) is 0.992. The minimum Gasteiger partial charge on any atom is -0.493 e. The molecule has 2 aromatic heterocycles. The molecule has 0 bridgehead atoms. The van der Waals surface area contributed by atoms with Gasteiger partial charge in [0.25, 0.3) is 5.91 Å². The largest absolute Gasteiger partial charge is 0.493 e. The Morgan fingerprint density at radius 3 is 2.50 bits per heavy atom. The fraction of sp³-hybridized carbons (Fsp3) is 0.190. The van der Waals surface area contributed by atoms with Crippen molar-refractivity contribution in [3.63, 3.8) is 0 Å². The van der Waals surface area contributed by atoms with Gasteiger partial charge in [0.1, 0.15) is 5.82 Å². The van der Waals surface area contributed by atoms with Gasteiger partial charge >= 0.3 is 0 Å². The molecule has 0 fully saturated rings. The lowest BCUT2D eigenvalue weighted by Crippen LogP contribution is -2.23. The zero-order chi connectivity index (χ0) is 19.8. The molecule has 0 saturated carbocycles. The molecular weight excluding hydrogens is 356 g/mol. The molecule has 3 rings (SSSR count). The molecule has 2 N–H and O–H groups in total. The number of benzene rings is 1. The second-order valence-corrected chi connectivity index (χ2v) is 6.02. The summed E-state index contributed by atoms with van der Waals surface area (Å²) in [4.78, 5) is 20.6. The molecule has 2 heterocycles. The van der Waals surface area contributed by atoms with E-state index in [2.05, 4.69) is 20.6 Å². The molecule has 144 valence electrons. The normalized spacial score (nSPS) is 10.2. The number of carbonyl (C=O) groups excluding carboxylic acids is 1. The summed E-state index contributed by atoms with van der Waals surface area (Å²) in [7, 11) is 3.21. The number of aromatic nitrogens is 2. The number of hydrogen-bond acceptors (Lipinski definition) is 6. The van der Waals surface area contributed by atoms with Gasteiger partial charge in [0.05, 0.1) is 19.8 Å². The van der Waals surface area contributed by atoms with E-state index in [-0.39, 0.29) is 5.91 Å². The van der Waals surface area contributed by atoms with Gasteiger partial charge in [0.15, 0.2) is 11.5 Å². The Hall–Kier alpha value is -3.61. The Bertz CT molecular complexity index is 915. The van der Waals surface area contributed by atoms with Crippen LogP contribution in [-0.4, -0.2) is 30.1 Å². The number of pyridine rings is 2. The molecular formula is C21H22N4O3. The van der Waals surface area contributed by atoms with E-state index >= 15 is 0 Å². The van der Waals surface area contributed by atoms with Crippen LogP contribution in [0.2, 0.25) is 0 Å². The second-order valence-electron chi connectivity index (χ2n) is 6.02. The number of carbonyl (C=O) groups is 1. The summed E-state index contributed by atoms with van der Waals surface area (Å²) >= 11 is 0. The highest BCUT2D eigenvalue weighted by Gasteiger charge is 2.07. The van der Waals surface area contributed by atoms with E-state index in [0.717, 1.165) is 11.1 Å². The van der Waals surface area contributed by atoms with Gasteiger partial charge in [-0.2, -0.15) is 0 Å². The van der Waals surface area contributed by atoms with Gasteiger partial charge < -0.3 is 20.1 Å². The minimum atomic E-state index is -0.178. The van der Waals surface area contributed by atoms with Crippen molar-refractivity contribution in [2.45, 2.75) is 13.1 Å². The molecule has 0 unspecified atom stereocenters. The number of ether oxygens (including phenoxy) is 2. The average molecular weight is 378 g/mol. The molecule has 3 aromatic rings. The lowest BCUT2D eigenvalue weighted by molar-refractivity contribution is 0.0950. The topological polar surface area (TPSA) is 85.4 Å². The van der Waals surface area contributed by atoms with Gasteiger partial charge in [-0.15, -0.1) is 0 Å². The molecule has 28 heavy (non-hydrogen) atoms. The Kier molecular flexibility index (Phi) is 6.41. The standard InChI is InChI=1S/C21H22N4O3/c1-27-18-7-5-15(10-19(18)28-2)12-23-20-8-6-17(14-24-20)21(26)25-13-16-4-3-9-22-11-16/h3-11,14H,12-13H2,1-2H3,(H,23,24)(H,25,26). The third-order valence-electron chi connectivity index (χ3n) is 4.12. The van der Waals surface area contributed by atoms with Crippen LogP contribution in [0.5, 0.6) is 11.5 Å². The number of nitrogens with zero attached hydrogens (tertiary/aromatic N) is 2. The number of amides is 1. The van der Waals surface area contributed by atoms with Crippen LogP contribution in [0.4, 0.5) is 5.82 Å². The Labute approximate surface area is 163 Å². The molecule has 0 radical (unpaired) electrons. The van der Waals surface area contributed by atoms with Crippen LogP contribution in [-0.2, 0) is 13.1 Å². The first-order valence-corrected chi connectivity index (χ1v) is 8.77. The molecule has 7 nitrogen and oxygen atoms in total. The van der Waals surface area contributed by atoms with Crippen molar-refractivity contribution in [1.29, 1.82) is 0 Å². The Morgan fingerprint density at radius 1 is 0.964 bits per heavy atom. The van der Waals surface area contributed by atoms with Gasteiger partial charge in [-0.25, -0.2) is 4.98 Å². The van der Waals surface area contributed by atoms with Crippen molar-refractivity contribution in [3.8, 4) is 11.5 Å². The number of methoxy groups -OCH3 is 2. The van der Waals surface area contributed by atoms with Crippen molar-refractivity contribution < 1.29 is 14.3 Å². The first-order valence-electron chi connectivity index (χ1n) is 8.77. The molecule has 0 spiro atoms. The van der Waals surface area contributed by atoms with Crippen molar-refractivity contribution >= 4 is 11.7 Å². The van der Waals surface area contributed by atoms with Gasteiger partial charge in [0.2, 0.25) is 0 Å². The molecule has 0 aliphatic heterocycles. The van der Waals surface area contributed by atoms with Crippen molar-refractivity contribution in [2.75, 3.05) is 19.5 Å². The predicted molar refractivity (Wildman–Crippen MR) is 107 cm³/mol. The van der Waals surface area contributed by atoms with E-state index < -0.39 is 0 Å². The number of anilines is 1. The highest BCUT2D eigenvalue weighted by atomic mass is 16.5. The molecule has 1 aromatic carbocycles.